The fourth-order valence-corrected chi connectivity index (χ4v) is 5.88. The minimum absolute atomic E-state index is 0.00263. The van der Waals surface area contributed by atoms with Crippen LogP contribution in [0.3, 0.4) is 0 Å². The number of hydrogen-bond acceptors (Lipinski definition) is 6. The molecule has 0 aliphatic rings. The molecule has 0 radical (unpaired) electrons. The molecular formula is C41H48F3NO5. The Kier molecular flexibility index (Phi) is 11.7. The Morgan fingerprint density at radius 3 is 2.08 bits per heavy atom. The summed E-state index contributed by atoms with van der Waals surface area (Å²) in [5, 5.41) is -0.117. The number of benzene rings is 3. The number of nitrogens with zero attached hydrogens (tertiary/aromatic N) is 1. The largest absolute Gasteiger partial charge is 0.453 e. The lowest BCUT2D eigenvalue weighted by atomic mass is 9.87. The lowest BCUT2D eigenvalue weighted by molar-refractivity contribution is -0.154. The van der Waals surface area contributed by atoms with Crippen molar-refractivity contribution >= 4 is 23.0 Å². The van der Waals surface area contributed by atoms with Gasteiger partial charge in [0.2, 0.25) is 11.2 Å². The molecule has 4 rings (SSSR count). The molecule has 1 aromatic heterocycles. The van der Waals surface area contributed by atoms with Gasteiger partial charge >= 0.3 is 12.1 Å². The van der Waals surface area contributed by atoms with Gasteiger partial charge in [-0.05, 0) is 90.1 Å². The molecule has 6 nitrogen and oxygen atoms in total. The normalized spacial score (nSPS) is 12.6. The molecular weight excluding hydrogens is 643 g/mol. The Morgan fingerprint density at radius 2 is 1.52 bits per heavy atom. The van der Waals surface area contributed by atoms with Gasteiger partial charge in [0.05, 0.1) is 10.9 Å². The van der Waals surface area contributed by atoms with Crippen LogP contribution in [0.5, 0.6) is 17.2 Å². The average Bonchev–Trinajstić information content (AvgIpc) is 2.99. The third-order valence-corrected chi connectivity index (χ3v) is 8.34. The molecule has 0 saturated heterocycles. The van der Waals surface area contributed by atoms with Crippen molar-refractivity contribution in [1.29, 1.82) is 0 Å². The van der Waals surface area contributed by atoms with Crippen LogP contribution in [0.4, 0.5) is 13.2 Å². The van der Waals surface area contributed by atoms with Crippen LogP contribution in [0.2, 0.25) is 0 Å². The first kappa shape index (κ1) is 38.4. The second-order valence-corrected chi connectivity index (χ2v) is 14.9. The van der Waals surface area contributed by atoms with E-state index in [0.29, 0.717) is 18.7 Å². The topological polar surface area (TPSA) is 69.0 Å². The first-order valence-corrected chi connectivity index (χ1v) is 16.9. The molecule has 0 fully saturated rings. The zero-order valence-corrected chi connectivity index (χ0v) is 30.7. The number of carbonyl (C=O) groups excluding carboxylic acids is 1. The summed E-state index contributed by atoms with van der Waals surface area (Å²) in [6, 6.07) is 14.0. The number of hydrogen-bond donors (Lipinski definition) is 0. The van der Waals surface area contributed by atoms with E-state index >= 15 is 0 Å². The van der Waals surface area contributed by atoms with Gasteiger partial charge in [0.15, 0.2) is 0 Å². The SMILES string of the molecule is Cc1cc(C)c(C)c(Oc2c(C(F)(F)F)oc3c(CN(CC(C)C)CC(C)C)c(OC(=O)/C=C/c4ccc(C(C)(C)C)cc4)ccc3c2=O)c1. The van der Waals surface area contributed by atoms with E-state index in [1.807, 2.05) is 65.0 Å². The van der Waals surface area contributed by atoms with E-state index in [1.54, 1.807) is 26.0 Å². The molecule has 0 N–H and O–H groups in total. The van der Waals surface area contributed by atoms with Crippen molar-refractivity contribution in [3.63, 3.8) is 0 Å². The van der Waals surface area contributed by atoms with Gasteiger partial charge in [0.1, 0.15) is 17.1 Å². The van der Waals surface area contributed by atoms with Crippen LogP contribution >= 0.6 is 0 Å². The summed E-state index contributed by atoms with van der Waals surface area (Å²) in [5.74, 6) is -2.66. The van der Waals surface area contributed by atoms with Crippen molar-refractivity contribution in [1.82, 2.24) is 4.90 Å². The number of carbonyl (C=O) groups is 1. The molecule has 0 bridgehead atoms. The fraction of sp³-hybridized carbons (Fsp3) is 0.415. The van der Waals surface area contributed by atoms with Gasteiger partial charge in [0.25, 0.3) is 5.76 Å². The number of rotatable bonds is 11. The average molecular weight is 692 g/mol. The van der Waals surface area contributed by atoms with Crippen molar-refractivity contribution in [2.24, 2.45) is 11.8 Å². The molecule has 50 heavy (non-hydrogen) atoms. The van der Waals surface area contributed by atoms with Crippen molar-refractivity contribution < 1.29 is 31.9 Å². The maximum Gasteiger partial charge on any atom is 0.453 e. The Balaban J connectivity index is 1.86. The Morgan fingerprint density at radius 1 is 0.900 bits per heavy atom. The molecule has 0 atom stereocenters. The fourth-order valence-electron chi connectivity index (χ4n) is 5.88. The second-order valence-electron chi connectivity index (χ2n) is 14.9. The molecule has 3 aromatic carbocycles. The Labute approximate surface area is 292 Å². The van der Waals surface area contributed by atoms with E-state index in [-0.39, 0.29) is 51.8 Å². The summed E-state index contributed by atoms with van der Waals surface area (Å²) < 4.78 is 61.3. The van der Waals surface area contributed by atoms with Crippen molar-refractivity contribution in [2.45, 2.75) is 87.4 Å². The first-order valence-electron chi connectivity index (χ1n) is 16.9. The van der Waals surface area contributed by atoms with E-state index in [9.17, 15) is 22.8 Å². The summed E-state index contributed by atoms with van der Waals surface area (Å²) in [4.78, 5) is 29.2. The van der Waals surface area contributed by atoms with E-state index in [0.717, 1.165) is 22.3 Å². The number of esters is 1. The van der Waals surface area contributed by atoms with Crippen molar-refractivity contribution in [3.8, 4) is 17.2 Å². The predicted molar refractivity (Wildman–Crippen MR) is 193 cm³/mol. The van der Waals surface area contributed by atoms with Crippen LogP contribution < -0.4 is 14.9 Å². The summed E-state index contributed by atoms with van der Waals surface area (Å²) in [5.41, 5.74) is 2.94. The van der Waals surface area contributed by atoms with Crippen LogP contribution in [0.15, 0.2) is 63.8 Å². The molecule has 1 heterocycles. The smallest absolute Gasteiger partial charge is 0.449 e. The molecule has 4 aromatic rings. The van der Waals surface area contributed by atoms with Crippen molar-refractivity contribution in [3.05, 3.63) is 104 Å². The molecule has 268 valence electrons. The third kappa shape index (κ3) is 9.44. The molecule has 0 aliphatic carbocycles. The van der Waals surface area contributed by atoms with E-state index in [4.69, 9.17) is 13.9 Å². The van der Waals surface area contributed by atoms with Gasteiger partial charge in [-0.2, -0.15) is 13.2 Å². The van der Waals surface area contributed by atoms with Gasteiger partial charge in [0, 0.05) is 25.7 Å². The summed E-state index contributed by atoms with van der Waals surface area (Å²) >= 11 is 0. The molecule has 0 unspecified atom stereocenters. The van der Waals surface area contributed by atoms with Crippen LogP contribution in [0, 0.1) is 32.6 Å². The van der Waals surface area contributed by atoms with Crippen LogP contribution in [-0.2, 0) is 22.9 Å². The molecule has 9 heteroatoms. The lowest BCUT2D eigenvalue weighted by Crippen LogP contribution is -2.31. The predicted octanol–water partition coefficient (Wildman–Crippen LogP) is 10.6. The number of ether oxygens (including phenoxy) is 2. The first-order chi connectivity index (χ1) is 23.2. The van der Waals surface area contributed by atoms with Gasteiger partial charge < -0.3 is 13.9 Å². The van der Waals surface area contributed by atoms with Gasteiger partial charge in [-0.1, -0.05) is 78.8 Å². The molecule has 0 amide bonds. The van der Waals surface area contributed by atoms with Gasteiger partial charge in [-0.25, -0.2) is 4.79 Å². The molecule has 0 spiro atoms. The number of aryl methyl sites for hydroxylation is 2. The minimum atomic E-state index is -5.07. The monoisotopic (exact) mass is 691 g/mol. The second kappa shape index (κ2) is 15.3. The highest BCUT2D eigenvalue weighted by atomic mass is 19.4. The highest BCUT2D eigenvalue weighted by Crippen LogP contribution is 2.41. The molecule has 0 aliphatic heterocycles. The van der Waals surface area contributed by atoms with Gasteiger partial charge in [-0.3, -0.25) is 9.69 Å². The number of fused-ring (bicyclic) bond motifs is 1. The van der Waals surface area contributed by atoms with Crippen LogP contribution in [0.25, 0.3) is 17.0 Å². The quantitative estimate of drug-likeness (QED) is 0.0886. The molecule has 0 saturated carbocycles. The van der Waals surface area contributed by atoms with Crippen LogP contribution in [-0.4, -0.2) is 24.0 Å². The van der Waals surface area contributed by atoms with E-state index < -0.39 is 29.1 Å². The van der Waals surface area contributed by atoms with E-state index in [2.05, 4.69) is 25.7 Å². The lowest BCUT2D eigenvalue weighted by Gasteiger charge is -2.27. The van der Waals surface area contributed by atoms with E-state index in [1.165, 1.54) is 18.2 Å². The van der Waals surface area contributed by atoms with Crippen molar-refractivity contribution in [2.75, 3.05) is 13.1 Å². The summed E-state index contributed by atoms with van der Waals surface area (Å²) in [7, 11) is 0. The number of halogens is 3. The Bertz CT molecular complexity index is 1920. The summed E-state index contributed by atoms with van der Waals surface area (Å²) in [6.07, 6.45) is -2.19. The van der Waals surface area contributed by atoms with Crippen LogP contribution in [0.1, 0.15) is 87.6 Å². The third-order valence-electron chi connectivity index (χ3n) is 8.34. The highest BCUT2D eigenvalue weighted by Gasteiger charge is 2.41. The maximum atomic E-state index is 14.7. The van der Waals surface area contributed by atoms with Gasteiger partial charge in [-0.15, -0.1) is 0 Å². The summed E-state index contributed by atoms with van der Waals surface area (Å²) in [6.45, 7) is 21.1. The zero-order chi connectivity index (χ0) is 37.1. The maximum absolute atomic E-state index is 14.7. The number of alkyl halides is 3. The standard InChI is InChI=1S/C41H48F3NO5/c1-24(2)21-45(22-25(3)4)23-32-33(48-35(46)18-13-29-11-14-30(15-12-29)40(8,9)10)17-16-31-36(47)38(39(41(42,43)44)50-37(31)32)49-34-20-26(5)19-27(6)28(34)7/h11-20,24-25H,21-23H2,1-10H3/b18-13+. The minimum Gasteiger partial charge on any atom is -0.449 e. The zero-order valence-electron chi connectivity index (χ0n) is 30.7. The Hall–Kier alpha value is -4.37. The highest BCUT2D eigenvalue weighted by molar-refractivity contribution is 5.90.